The molecule has 0 spiro atoms. The lowest BCUT2D eigenvalue weighted by atomic mass is 10.1. The number of carbonyl (C=O) groups excluding carboxylic acids is 2. The molecule has 0 aliphatic carbocycles. The molecule has 3 aromatic rings. The highest BCUT2D eigenvalue weighted by Gasteiger charge is 2.36. The summed E-state index contributed by atoms with van der Waals surface area (Å²) in [5.74, 6) is -0.655. The van der Waals surface area contributed by atoms with Gasteiger partial charge in [-0.05, 0) is 48.5 Å². The number of benzene rings is 3. The highest BCUT2D eigenvalue weighted by atomic mass is 32.2. The largest absolute Gasteiger partial charge is 0.269 e. The van der Waals surface area contributed by atoms with Gasteiger partial charge in [-0.15, -0.1) is 0 Å². The molecule has 6 nitrogen and oxygen atoms in total. The maximum atomic E-state index is 12.5. The molecule has 0 radical (unpaired) electrons. The third kappa shape index (κ3) is 3.09. The number of nitro benzene ring substituents is 1. The van der Waals surface area contributed by atoms with Crippen molar-refractivity contribution >= 4 is 35.0 Å². The summed E-state index contributed by atoms with van der Waals surface area (Å²) < 4.78 is 0. The van der Waals surface area contributed by atoms with E-state index in [0.717, 1.165) is 9.79 Å². The Balaban J connectivity index is 1.54. The summed E-state index contributed by atoms with van der Waals surface area (Å²) in [6.45, 7) is 0. The number of rotatable bonds is 4. The Morgan fingerprint density at radius 2 is 1.22 bits per heavy atom. The van der Waals surface area contributed by atoms with Crippen LogP contribution in [0, 0.1) is 10.1 Å². The quantitative estimate of drug-likeness (QED) is 0.379. The smallest absolute Gasteiger partial charge is 0.268 e. The molecule has 27 heavy (non-hydrogen) atoms. The molecule has 0 atom stereocenters. The van der Waals surface area contributed by atoms with Crippen molar-refractivity contribution < 1.29 is 14.5 Å². The molecule has 0 aromatic heterocycles. The monoisotopic (exact) mass is 376 g/mol. The van der Waals surface area contributed by atoms with E-state index in [4.69, 9.17) is 0 Å². The number of imide groups is 1. The van der Waals surface area contributed by atoms with Gasteiger partial charge in [0.1, 0.15) is 0 Å². The molecule has 7 heteroatoms. The van der Waals surface area contributed by atoms with E-state index in [-0.39, 0.29) is 17.5 Å². The molecule has 1 aliphatic heterocycles. The number of anilines is 1. The molecule has 0 N–H and O–H groups in total. The Morgan fingerprint density at radius 3 is 1.70 bits per heavy atom. The molecule has 0 fully saturated rings. The summed E-state index contributed by atoms with van der Waals surface area (Å²) in [7, 11) is 0. The van der Waals surface area contributed by atoms with E-state index in [9.17, 15) is 19.7 Å². The highest BCUT2D eigenvalue weighted by molar-refractivity contribution is 7.99. The van der Waals surface area contributed by atoms with Crippen molar-refractivity contribution in [1.82, 2.24) is 0 Å². The van der Waals surface area contributed by atoms with Gasteiger partial charge in [0.25, 0.3) is 17.5 Å². The van der Waals surface area contributed by atoms with Gasteiger partial charge in [0.05, 0.1) is 21.7 Å². The lowest BCUT2D eigenvalue weighted by Gasteiger charge is -2.14. The minimum absolute atomic E-state index is 0.0420. The van der Waals surface area contributed by atoms with Crippen LogP contribution in [-0.4, -0.2) is 16.7 Å². The minimum Gasteiger partial charge on any atom is -0.268 e. The summed E-state index contributed by atoms with van der Waals surface area (Å²) in [6.07, 6.45) is 0. The van der Waals surface area contributed by atoms with E-state index < -0.39 is 4.92 Å². The van der Waals surface area contributed by atoms with Gasteiger partial charge in [-0.2, -0.15) is 0 Å². The second-order valence-corrected chi connectivity index (χ2v) is 6.99. The summed E-state index contributed by atoms with van der Waals surface area (Å²) in [6, 6.07) is 20.1. The Morgan fingerprint density at radius 1 is 0.741 bits per heavy atom. The van der Waals surface area contributed by atoms with Gasteiger partial charge in [0.2, 0.25) is 0 Å². The van der Waals surface area contributed by atoms with Crippen LogP contribution in [0.5, 0.6) is 0 Å². The van der Waals surface area contributed by atoms with E-state index in [1.807, 2.05) is 12.1 Å². The third-order valence-electron chi connectivity index (χ3n) is 4.17. The maximum absolute atomic E-state index is 12.5. The van der Waals surface area contributed by atoms with Crippen LogP contribution in [0.4, 0.5) is 11.4 Å². The summed E-state index contributed by atoms with van der Waals surface area (Å²) in [5.41, 5.74) is 1.37. The molecule has 1 aliphatic rings. The van der Waals surface area contributed by atoms with Gasteiger partial charge >= 0.3 is 0 Å². The van der Waals surface area contributed by atoms with Gasteiger partial charge in [-0.1, -0.05) is 23.9 Å². The number of amides is 2. The standard InChI is InChI=1S/C20H12N2O4S/c23-19-17-3-1-2-4-18(17)20(24)21(19)13-5-9-15(10-6-13)27-16-11-7-14(8-12-16)22(25)26/h1-12H. The van der Waals surface area contributed by atoms with Crippen molar-refractivity contribution in [2.24, 2.45) is 0 Å². The molecule has 0 bridgehead atoms. The zero-order chi connectivity index (χ0) is 19.0. The predicted molar refractivity (Wildman–Crippen MR) is 101 cm³/mol. The predicted octanol–water partition coefficient (Wildman–Crippen LogP) is 4.55. The number of hydrogen-bond donors (Lipinski definition) is 0. The second-order valence-electron chi connectivity index (χ2n) is 5.84. The van der Waals surface area contributed by atoms with Crippen LogP contribution >= 0.6 is 11.8 Å². The van der Waals surface area contributed by atoms with Crippen molar-refractivity contribution in [3.63, 3.8) is 0 Å². The molecule has 2 amide bonds. The Labute approximate surface area is 158 Å². The van der Waals surface area contributed by atoms with Gasteiger partial charge in [-0.3, -0.25) is 19.7 Å². The molecular formula is C20H12N2O4S. The molecule has 4 rings (SSSR count). The Bertz CT molecular complexity index is 1030. The average Bonchev–Trinajstić information content (AvgIpc) is 2.94. The minimum atomic E-state index is -0.439. The van der Waals surface area contributed by atoms with Crippen molar-refractivity contribution in [1.29, 1.82) is 0 Å². The Hall–Kier alpha value is -3.45. The van der Waals surface area contributed by atoms with E-state index >= 15 is 0 Å². The SMILES string of the molecule is O=C1c2ccccc2C(=O)N1c1ccc(Sc2ccc([N+](=O)[O-])cc2)cc1. The maximum Gasteiger partial charge on any atom is 0.269 e. The normalized spacial score (nSPS) is 13.0. The fourth-order valence-corrected chi connectivity index (χ4v) is 3.68. The highest BCUT2D eigenvalue weighted by Crippen LogP contribution is 2.33. The van der Waals surface area contributed by atoms with Crippen molar-refractivity contribution in [2.75, 3.05) is 4.90 Å². The fraction of sp³-hybridized carbons (Fsp3) is 0. The lowest BCUT2D eigenvalue weighted by Crippen LogP contribution is -2.29. The molecule has 132 valence electrons. The summed E-state index contributed by atoms with van der Waals surface area (Å²) in [5, 5.41) is 10.7. The average molecular weight is 376 g/mol. The van der Waals surface area contributed by atoms with Crippen LogP contribution in [0.3, 0.4) is 0 Å². The number of non-ortho nitro benzene ring substituents is 1. The third-order valence-corrected chi connectivity index (χ3v) is 5.19. The topological polar surface area (TPSA) is 80.5 Å². The van der Waals surface area contributed by atoms with Crippen LogP contribution in [0.1, 0.15) is 20.7 Å². The zero-order valence-electron chi connectivity index (χ0n) is 13.9. The first-order valence-electron chi connectivity index (χ1n) is 8.05. The van der Waals surface area contributed by atoms with Crippen LogP contribution in [0.2, 0.25) is 0 Å². The number of hydrogen-bond acceptors (Lipinski definition) is 5. The lowest BCUT2D eigenvalue weighted by molar-refractivity contribution is -0.384. The van der Waals surface area contributed by atoms with Gasteiger partial charge < -0.3 is 0 Å². The van der Waals surface area contributed by atoms with Crippen molar-refractivity contribution in [3.05, 3.63) is 94.0 Å². The number of carbonyl (C=O) groups is 2. The van der Waals surface area contributed by atoms with Gasteiger partial charge in [0, 0.05) is 21.9 Å². The van der Waals surface area contributed by atoms with E-state index in [0.29, 0.717) is 16.8 Å². The molecule has 3 aromatic carbocycles. The van der Waals surface area contributed by atoms with Crippen LogP contribution in [-0.2, 0) is 0 Å². The number of nitro groups is 1. The fourth-order valence-electron chi connectivity index (χ4n) is 2.86. The number of nitrogens with zero attached hydrogens (tertiary/aromatic N) is 2. The first-order valence-corrected chi connectivity index (χ1v) is 8.86. The van der Waals surface area contributed by atoms with Crippen molar-refractivity contribution in [2.45, 2.75) is 9.79 Å². The molecule has 0 saturated heterocycles. The first-order chi connectivity index (χ1) is 13.0. The van der Waals surface area contributed by atoms with E-state index in [1.54, 1.807) is 48.5 Å². The van der Waals surface area contributed by atoms with Crippen molar-refractivity contribution in [3.8, 4) is 0 Å². The molecular weight excluding hydrogens is 364 g/mol. The van der Waals surface area contributed by atoms with E-state index in [1.165, 1.54) is 28.8 Å². The van der Waals surface area contributed by atoms with E-state index in [2.05, 4.69) is 0 Å². The van der Waals surface area contributed by atoms with Crippen LogP contribution in [0.25, 0.3) is 0 Å². The Kier molecular flexibility index (Phi) is 4.21. The van der Waals surface area contributed by atoms with Crippen LogP contribution in [0.15, 0.2) is 82.6 Å². The first kappa shape index (κ1) is 17.0. The number of fused-ring (bicyclic) bond motifs is 1. The molecule has 0 unspecified atom stereocenters. The molecule has 1 heterocycles. The van der Waals surface area contributed by atoms with Gasteiger partial charge in [0.15, 0.2) is 0 Å². The summed E-state index contributed by atoms with van der Waals surface area (Å²) in [4.78, 5) is 38.2. The van der Waals surface area contributed by atoms with Crippen LogP contribution < -0.4 is 4.90 Å². The molecule has 0 saturated carbocycles. The summed E-state index contributed by atoms with van der Waals surface area (Å²) >= 11 is 1.44. The van der Waals surface area contributed by atoms with Gasteiger partial charge in [-0.25, -0.2) is 4.90 Å². The zero-order valence-corrected chi connectivity index (χ0v) is 14.7. The second kappa shape index (κ2) is 6.69.